The van der Waals surface area contributed by atoms with Gasteiger partial charge in [-0.25, -0.2) is 4.98 Å². The summed E-state index contributed by atoms with van der Waals surface area (Å²) in [6, 6.07) is 29.1. The molecule has 150 valence electrons. The third-order valence-electron chi connectivity index (χ3n) is 5.04. The van der Waals surface area contributed by atoms with Gasteiger partial charge in [0, 0.05) is 16.8 Å². The first-order valence-corrected chi connectivity index (χ1v) is 10.2. The van der Waals surface area contributed by atoms with Gasteiger partial charge in [0.05, 0.1) is 11.0 Å². The molecule has 5 rings (SSSR count). The predicted octanol–water partition coefficient (Wildman–Crippen LogP) is 5.51. The Morgan fingerprint density at radius 2 is 1.58 bits per heavy atom. The Morgan fingerprint density at radius 1 is 0.839 bits per heavy atom. The number of anilines is 1. The molecule has 0 unspecified atom stereocenters. The topological polar surface area (TPSA) is 69.8 Å². The van der Waals surface area contributed by atoms with Crippen molar-refractivity contribution >= 4 is 50.7 Å². The molecule has 0 bridgehead atoms. The number of nitrogens with one attached hydrogen (secondary N) is 3. The summed E-state index contributed by atoms with van der Waals surface area (Å²) in [5, 5.41) is 8.13. The number of thiocarbonyl (C=S) groups is 1. The number of aromatic nitrogens is 2. The number of aromatic amines is 1. The molecule has 0 atom stereocenters. The van der Waals surface area contributed by atoms with E-state index in [-0.39, 0.29) is 11.0 Å². The Balaban J connectivity index is 1.26. The predicted molar refractivity (Wildman–Crippen MR) is 129 cm³/mol. The van der Waals surface area contributed by atoms with Gasteiger partial charge in [0.15, 0.2) is 5.11 Å². The van der Waals surface area contributed by atoms with Crippen molar-refractivity contribution < 1.29 is 4.79 Å². The van der Waals surface area contributed by atoms with Gasteiger partial charge < -0.3 is 10.3 Å². The summed E-state index contributed by atoms with van der Waals surface area (Å²) in [6.45, 7) is 0. The van der Waals surface area contributed by atoms with Gasteiger partial charge in [0.1, 0.15) is 5.82 Å². The van der Waals surface area contributed by atoms with Crippen LogP contribution in [0.15, 0.2) is 91.0 Å². The molecule has 6 heteroatoms. The van der Waals surface area contributed by atoms with E-state index in [2.05, 4.69) is 20.6 Å². The molecule has 31 heavy (non-hydrogen) atoms. The van der Waals surface area contributed by atoms with Crippen molar-refractivity contribution in [1.82, 2.24) is 15.3 Å². The van der Waals surface area contributed by atoms with Crippen molar-refractivity contribution in [3.63, 3.8) is 0 Å². The Labute approximate surface area is 184 Å². The summed E-state index contributed by atoms with van der Waals surface area (Å²) in [7, 11) is 0. The molecule has 0 saturated heterocycles. The van der Waals surface area contributed by atoms with Crippen LogP contribution >= 0.6 is 12.2 Å². The molecule has 1 amide bonds. The lowest BCUT2D eigenvalue weighted by Gasteiger charge is -2.10. The number of hydrogen-bond acceptors (Lipinski definition) is 3. The second-order valence-corrected chi connectivity index (χ2v) is 7.56. The minimum absolute atomic E-state index is 0.245. The lowest BCUT2D eigenvalue weighted by molar-refractivity contribution is 0.0978. The zero-order valence-electron chi connectivity index (χ0n) is 16.4. The van der Waals surface area contributed by atoms with Crippen LogP contribution in [-0.4, -0.2) is 21.0 Å². The standard InChI is InChI=1S/C25H18N4OS/c30-24(19-10-9-16-5-1-2-6-18(16)15-19)29-25(31)26-20-13-11-17(12-14-20)23-27-21-7-3-4-8-22(21)28-23/h1-15H,(H,27,28)(H2,26,29,30,31). The summed E-state index contributed by atoms with van der Waals surface area (Å²) in [5.74, 6) is 0.557. The largest absolute Gasteiger partial charge is 0.338 e. The Bertz CT molecular complexity index is 1390. The first kappa shape index (κ1) is 19.0. The van der Waals surface area contributed by atoms with Crippen LogP contribution in [-0.2, 0) is 0 Å². The van der Waals surface area contributed by atoms with E-state index in [4.69, 9.17) is 12.2 Å². The zero-order chi connectivity index (χ0) is 21.2. The quantitative estimate of drug-likeness (QED) is 0.335. The van der Waals surface area contributed by atoms with Crippen molar-refractivity contribution in [2.24, 2.45) is 0 Å². The van der Waals surface area contributed by atoms with Crippen LogP contribution < -0.4 is 10.6 Å². The number of imidazole rings is 1. The molecule has 0 saturated carbocycles. The van der Waals surface area contributed by atoms with Crippen molar-refractivity contribution in [3.8, 4) is 11.4 Å². The molecule has 0 radical (unpaired) electrons. The minimum atomic E-state index is -0.248. The molecule has 0 aliphatic heterocycles. The van der Waals surface area contributed by atoms with Crippen LogP contribution in [0.25, 0.3) is 33.2 Å². The van der Waals surface area contributed by atoms with Gasteiger partial charge in [0.2, 0.25) is 0 Å². The van der Waals surface area contributed by atoms with Crippen LogP contribution in [0.3, 0.4) is 0 Å². The fourth-order valence-corrected chi connectivity index (χ4v) is 3.68. The summed E-state index contributed by atoms with van der Waals surface area (Å²) in [5.41, 5.74) is 4.23. The fraction of sp³-hybridized carbons (Fsp3) is 0. The number of carbonyl (C=O) groups excluding carboxylic acids is 1. The van der Waals surface area contributed by atoms with Crippen LogP contribution in [0.2, 0.25) is 0 Å². The minimum Gasteiger partial charge on any atom is -0.338 e. The number of H-pyrrole nitrogens is 1. The summed E-state index contributed by atoms with van der Waals surface area (Å²) < 4.78 is 0. The van der Waals surface area contributed by atoms with E-state index in [9.17, 15) is 4.79 Å². The highest BCUT2D eigenvalue weighted by molar-refractivity contribution is 7.80. The number of carbonyl (C=O) groups is 1. The van der Waals surface area contributed by atoms with Gasteiger partial charge in [-0.15, -0.1) is 0 Å². The molecule has 0 spiro atoms. The zero-order valence-corrected chi connectivity index (χ0v) is 17.2. The third kappa shape index (κ3) is 4.01. The van der Waals surface area contributed by atoms with Gasteiger partial charge in [0.25, 0.3) is 5.91 Å². The highest BCUT2D eigenvalue weighted by atomic mass is 32.1. The van der Waals surface area contributed by atoms with E-state index >= 15 is 0 Å². The van der Waals surface area contributed by atoms with Gasteiger partial charge in [-0.3, -0.25) is 10.1 Å². The molecule has 5 nitrogen and oxygen atoms in total. The van der Waals surface area contributed by atoms with E-state index in [1.165, 1.54) is 0 Å². The molecular formula is C25H18N4OS. The monoisotopic (exact) mass is 422 g/mol. The molecule has 1 aromatic heterocycles. The maximum atomic E-state index is 12.6. The van der Waals surface area contributed by atoms with Crippen molar-refractivity contribution in [1.29, 1.82) is 0 Å². The SMILES string of the molecule is O=C(NC(=S)Nc1ccc(-c2nc3ccccc3[nH]2)cc1)c1ccc2ccccc2c1. The second-order valence-electron chi connectivity index (χ2n) is 7.15. The molecular weight excluding hydrogens is 404 g/mol. The van der Waals surface area contributed by atoms with E-state index in [0.29, 0.717) is 5.56 Å². The number of benzene rings is 4. The maximum absolute atomic E-state index is 12.6. The third-order valence-corrected chi connectivity index (χ3v) is 5.25. The molecule has 5 aromatic rings. The van der Waals surface area contributed by atoms with E-state index < -0.39 is 0 Å². The van der Waals surface area contributed by atoms with Gasteiger partial charge in [-0.2, -0.15) is 0 Å². The van der Waals surface area contributed by atoms with Crippen molar-refractivity contribution in [2.45, 2.75) is 0 Å². The molecule has 1 heterocycles. The number of fused-ring (bicyclic) bond motifs is 2. The Hall–Kier alpha value is -4.03. The maximum Gasteiger partial charge on any atom is 0.257 e. The van der Waals surface area contributed by atoms with Gasteiger partial charge in [-0.05, 0) is 71.5 Å². The highest BCUT2D eigenvalue weighted by Crippen LogP contribution is 2.22. The average Bonchev–Trinajstić information content (AvgIpc) is 3.23. The van der Waals surface area contributed by atoms with Crippen LogP contribution in [0.4, 0.5) is 5.69 Å². The summed E-state index contributed by atoms with van der Waals surface area (Å²) >= 11 is 5.32. The normalized spacial score (nSPS) is 10.8. The number of rotatable bonds is 3. The van der Waals surface area contributed by atoms with Crippen molar-refractivity contribution in [2.75, 3.05) is 5.32 Å². The first-order chi connectivity index (χ1) is 15.2. The Morgan fingerprint density at radius 3 is 2.39 bits per heavy atom. The summed E-state index contributed by atoms with van der Waals surface area (Å²) in [4.78, 5) is 20.5. The molecule has 0 aliphatic carbocycles. The number of hydrogen-bond donors (Lipinski definition) is 3. The second kappa shape index (κ2) is 8.01. The highest BCUT2D eigenvalue weighted by Gasteiger charge is 2.09. The van der Waals surface area contributed by atoms with Gasteiger partial charge in [-0.1, -0.05) is 42.5 Å². The molecule has 0 aliphatic rings. The molecule has 3 N–H and O–H groups in total. The molecule has 4 aromatic carbocycles. The van der Waals surface area contributed by atoms with E-state index in [0.717, 1.165) is 38.9 Å². The number of para-hydroxylation sites is 2. The average molecular weight is 423 g/mol. The van der Waals surface area contributed by atoms with E-state index in [1.807, 2.05) is 84.9 Å². The lowest BCUT2D eigenvalue weighted by atomic mass is 10.1. The Kier molecular flexibility index (Phi) is 4.90. The smallest absolute Gasteiger partial charge is 0.257 e. The fourth-order valence-electron chi connectivity index (χ4n) is 3.47. The lowest BCUT2D eigenvalue weighted by Crippen LogP contribution is -2.34. The van der Waals surface area contributed by atoms with E-state index in [1.54, 1.807) is 6.07 Å². The van der Waals surface area contributed by atoms with Crippen LogP contribution in [0.1, 0.15) is 10.4 Å². The number of nitrogens with zero attached hydrogens (tertiary/aromatic N) is 1. The van der Waals surface area contributed by atoms with Crippen LogP contribution in [0, 0.1) is 0 Å². The molecule has 0 fully saturated rings. The van der Waals surface area contributed by atoms with Crippen molar-refractivity contribution in [3.05, 3.63) is 96.6 Å². The first-order valence-electron chi connectivity index (χ1n) is 9.82. The van der Waals surface area contributed by atoms with Gasteiger partial charge >= 0.3 is 0 Å². The number of amides is 1. The summed E-state index contributed by atoms with van der Waals surface area (Å²) in [6.07, 6.45) is 0. The van der Waals surface area contributed by atoms with Crippen LogP contribution in [0.5, 0.6) is 0 Å².